The standard InChI is InChI=1S/C10H13NO3S/c11-10(14)9(13)8(12)7-3-1-2-6(4-7)5-15/h1-4,8-9,12-13,15H,5H2,(H2,11,14). The molecule has 0 aliphatic rings. The molecule has 1 aromatic carbocycles. The molecule has 1 amide bonds. The first-order chi connectivity index (χ1) is 7.06. The van der Waals surface area contributed by atoms with Crippen LogP contribution in [0, 0.1) is 0 Å². The summed E-state index contributed by atoms with van der Waals surface area (Å²) >= 11 is 4.08. The number of benzene rings is 1. The molecule has 0 saturated heterocycles. The van der Waals surface area contributed by atoms with Gasteiger partial charge in [0.05, 0.1) is 0 Å². The zero-order valence-electron chi connectivity index (χ0n) is 8.00. The van der Waals surface area contributed by atoms with Gasteiger partial charge in [0, 0.05) is 5.75 Å². The van der Waals surface area contributed by atoms with E-state index in [1.54, 1.807) is 18.2 Å². The summed E-state index contributed by atoms with van der Waals surface area (Å²) in [6.45, 7) is 0. The van der Waals surface area contributed by atoms with Crippen molar-refractivity contribution >= 4 is 18.5 Å². The summed E-state index contributed by atoms with van der Waals surface area (Å²) in [4.78, 5) is 10.7. The third-order valence-corrected chi connectivity index (χ3v) is 2.43. The molecule has 0 spiro atoms. The van der Waals surface area contributed by atoms with E-state index in [4.69, 9.17) is 5.73 Å². The van der Waals surface area contributed by atoms with Gasteiger partial charge in [-0.15, -0.1) is 0 Å². The Kier molecular flexibility index (Phi) is 4.14. The smallest absolute Gasteiger partial charge is 0.249 e. The molecule has 15 heavy (non-hydrogen) atoms. The predicted molar refractivity (Wildman–Crippen MR) is 59.3 cm³/mol. The Morgan fingerprint density at radius 1 is 1.47 bits per heavy atom. The first kappa shape index (κ1) is 12.0. The van der Waals surface area contributed by atoms with E-state index >= 15 is 0 Å². The van der Waals surface area contributed by atoms with Gasteiger partial charge in [0.2, 0.25) is 5.91 Å². The van der Waals surface area contributed by atoms with Crippen LogP contribution in [0.1, 0.15) is 17.2 Å². The minimum atomic E-state index is -1.58. The number of rotatable bonds is 4. The van der Waals surface area contributed by atoms with Crippen molar-refractivity contribution in [2.75, 3.05) is 0 Å². The number of carbonyl (C=O) groups is 1. The van der Waals surface area contributed by atoms with Crippen molar-refractivity contribution in [3.05, 3.63) is 35.4 Å². The van der Waals surface area contributed by atoms with E-state index in [0.29, 0.717) is 11.3 Å². The monoisotopic (exact) mass is 227 g/mol. The Bertz CT molecular complexity index is 356. The van der Waals surface area contributed by atoms with Crippen LogP contribution in [0.25, 0.3) is 0 Å². The van der Waals surface area contributed by atoms with Crippen molar-refractivity contribution in [1.82, 2.24) is 0 Å². The Balaban J connectivity index is 2.90. The van der Waals surface area contributed by atoms with Crippen molar-refractivity contribution < 1.29 is 15.0 Å². The van der Waals surface area contributed by atoms with Gasteiger partial charge in [-0.3, -0.25) is 4.79 Å². The van der Waals surface area contributed by atoms with Gasteiger partial charge in [0.1, 0.15) is 6.10 Å². The molecule has 0 heterocycles. The van der Waals surface area contributed by atoms with Crippen molar-refractivity contribution in [3.63, 3.8) is 0 Å². The van der Waals surface area contributed by atoms with Gasteiger partial charge in [-0.05, 0) is 11.1 Å². The molecule has 5 heteroatoms. The molecule has 1 aromatic rings. The second kappa shape index (κ2) is 5.16. The van der Waals surface area contributed by atoms with Crippen LogP contribution in [0.5, 0.6) is 0 Å². The number of nitrogens with two attached hydrogens (primary N) is 1. The van der Waals surface area contributed by atoms with Crippen LogP contribution in [0.2, 0.25) is 0 Å². The molecular weight excluding hydrogens is 214 g/mol. The molecule has 0 aliphatic carbocycles. The van der Waals surface area contributed by atoms with E-state index in [2.05, 4.69) is 12.6 Å². The molecule has 0 aromatic heterocycles. The number of aliphatic hydroxyl groups excluding tert-OH is 2. The molecule has 0 aliphatic heterocycles. The number of carbonyl (C=O) groups excluding carboxylic acids is 1. The molecule has 0 radical (unpaired) electrons. The first-order valence-corrected chi connectivity index (χ1v) is 5.04. The average molecular weight is 227 g/mol. The van der Waals surface area contributed by atoms with Gasteiger partial charge >= 0.3 is 0 Å². The SMILES string of the molecule is NC(=O)C(O)C(O)c1cccc(CS)c1. The molecule has 2 atom stereocenters. The molecule has 4 nitrogen and oxygen atoms in total. The van der Waals surface area contributed by atoms with Gasteiger partial charge in [0.25, 0.3) is 0 Å². The third-order valence-electron chi connectivity index (χ3n) is 2.07. The lowest BCUT2D eigenvalue weighted by atomic mass is 10.0. The van der Waals surface area contributed by atoms with Crippen molar-refractivity contribution in [2.24, 2.45) is 5.73 Å². The number of primary amides is 1. The highest BCUT2D eigenvalue weighted by atomic mass is 32.1. The number of thiol groups is 1. The fraction of sp³-hybridized carbons (Fsp3) is 0.300. The number of aliphatic hydroxyl groups is 2. The predicted octanol–water partition coefficient (Wildman–Crippen LogP) is -0.00400. The van der Waals surface area contributed by atoms with Gasteiger partial charge in [-0.25, -0.2) is 0 Å². The van der Waals surface area contributed by atoms with E-state index in [9.17, 15) is 15.0 Å². The second-order valence-electron chi connectivity index (χ2n) is 3.20. The Morgan fingerprint density at radius 2 is 2.13 bits per heavy atom. The minimum Gasteiger partial charge on any atom is -0.385 e. The normalized spacial score (nSPS) is 14.6. The average Bonchev–Trinajstić information content (AvgIpc) is 2.27. The highest BCUT2D eigenvalue weighted by molar-refractivity contribution is 7.79. The van der Waals surface area contributed by atoms with Crippen LogP contribution in [-0.4, -0.2) is 22.2 Å². The fourth-order valence-corrected chi connectivity index (χ4v) is 1.41. The quantitative estimate of drug-likeness (QED) is 0.546. The molecule has 0 fully saturated rings. The van der Waals surface area contributed by atoms with Gasteiger partial charge in [-0.1, -0.05) is 24.3 Å². The lowest BCUT2D eigenvalue weighted by Crippen LogP contribution is -2.33. The van der Waals surface area contributed by atoms with Crippen LogP contribution in [-0.2, 0) is 10.5 Å². The maximum atomic E-state index is 10.7. The topological polar surface area (TPSA) is 83.6 Å². The highest BCUT2D eigenvalue weighted by Gasteiger charge is 2.23. The summed E-state index contributed by atoms with van der Waals surface area (Å²) in [6.07, 6.45) is -2.87. The maximum Gasteiger partial charge on any atom is 0.249 e. The summed E-state index contributed by atoms with van der Waals surface area (Å²) in [5.41, 5.74) is 6.23. The lowest BCUT2D eigenvalue weighted by Gasteiger charge is -2.15. The van der Waals surface area contributed by atoms with Crippen molar-refractivity contribution in [3.8, 4) is 0 Å². The number of amides is 1. The van der Waals surface area contributed by atoms with Crippen molar-refractivity contribution in [2.45, 2.75) is 18.0 Å². The van der Waals surface area contributed by atoms with E-state index < -0.39 is 18.1 Å². The number of hydrogen-bond donors (Lipinski definition) is 4. The van der Waals surface area contributed by atoms with E-state index in [1.807, 2.05) is 6.07 Å². The highest BCUT2D eigenvalue weighted by Crippen LogP contribution is 2.18. The summed E-state index contributed by atoms with van der Waals surface area (Å²) in [6, 6.07) is 6.84. The molecule has 82 valence electrons. The summed E-state index contributed by atoms with van der Waals surface area (Å²) in [5.74, 6) is -0.425. The van der Waals surface area contributed by atoms with Gasteiger partial charge in [-0.2, -0.15) is 12.6 Å². The van der Waals surface area contributed by atoms with Crippen LogP contribution in [0.4, 0.5) is 0 Å². The molecule has 0 bridgehead atoms. The lowest BCUT2D eigenvalue weighted by molar-refractivity contribution is -0.131. The van der Waals surface area contributed by atoms with Crippen LogP contribution in [0.3, 0.4) is 0 Å². The fourth-order valence-electron chi connectivity index (χ4n) is 1.21. The first-order valence-electron chi connectivity index (χ1n) is 4.41. The molecule has 4 N–H and O–H groups in total. The molecule has 0 saturated carbocycles. The summed E-state index contributed by atoms with van der Waals surface area (Å²) in [5, 5.41) is 18.9. The Hall–Kier alpha value is -1.04. The second-order valence-corrected chi connectivity index (χ2v) is 3.51. The zero-order chi connectivity index (χ0) is 11.4. The molecular formula is C10H13NO3S. The van der Waals surface area contributed by atoms with Gasteiger partial charge in [0.15, 0.2) is 6.10 Å². The summed E-state index contributed by atoms with van der Waals surface area (Å²) < 4.78 is 0. The minimum absolute atomic E-state index is 0.452. The van der Waals surface area contributed by atoms with Crippen LogP contribution < -0.4 is 5.73 Å². The molecule has 2 unspecified atom stereocenters. The van der Waals surface area contributed by atoms with Crippen LogP contribution >= 0.6 is 12.6 Å². The third kappa shape index (κ3) is 2.95. The van der Waals surface area contributed by atoms with Crippen molar-refractivity contribution in [1.29, 1.82) is 0 Å². The summed E-state index contributed by atoms with van der Waals surface area (Å²) in [7, 11) is 0. The van der Waals surface area contributed by atoms with E-state index in [-0.39, 0.29) is 0 Å². The Morgan fingerprint density at radius 3 is 2.67 bits per heavy atom. The largest absolute Gasteiger partial charge is 0.385 e. The van der Waals surface area contributed by atoms with E-state index in [0.717, 1.165) is 5.56 Å². The maximum absolute atomic E-state index is 10.7. The van der Waals surface area contributed by atoms with E-state index in [1.165, 1.54) is 0 Å². The zero-order valence-corrected chi connectivity index (χ0v) is 8.89. The Labute approximate surface area is 93.1 Å². The molecule has 1 rings (SSSR count). The van der Waals surface area contributed by atoms with Crippen LogP contribution in [0.15, 0.2) is 24.3 Å². The number of hydrogen-bond acceptors (Lipinski definition) is 4. The van der Waals surface area contributed by atoms with Gasteiger partial charge < -0.3 is 15.9 Å².